The van der Waals surface area contributed by atoms with Crippen LogP contribution in [0.3, 0.4) is 0 Å². The molecule has 1 saturated heterocycles. The van der Waals surface area contributed by atoms with Gasteiger partial charge in [-0.05, 0) is 61.8 Å². The normalized spacial score (nSPS) is 16.9. The minimum Gasteiger partial charge on any atom is -0.508 e. The molecule has 8 heteroatoms. The lowest BCUT2D eigenvalue weighted by atomic mass is 9.78. The first-order valence-corrected chi connectivity index (χ1v) is 9.55. The minimum absolute atomic E-state index is 0.159. The molecule has 0 bridgehead atoms. The molecule has 0 unspecified atom stereocenters. The van der Waals surface area contributed by atoms with E-state index in [2.05, 4.69) is 15.9 Å². The highest BCUT2D eigenvalue weighted by Crippen LogP contribution is 2.37. The van der Waals surface area contributed by atoms with E-state index < -0.39 is 7.12 Å². The quantitative estimate of drug-likeness (QED) is 0.688. The van der Waals surface area contributed by atoms with Gasteiger partial charge in [-0.15, -0.1) is 0 Å². The first-order valence-electron chi connectivity index (χ1n) is 8.76. The van der Waals surface area contributed by atoms with Crippen molar-refractivity contribution in [2.75, 3.05) is 14.2 Å². The lowest BCUT2D eigenvalue weighted by Gasteiger charge is -2.32. The molecule has 2 N–H and O–H groups in total. The largest absolute Gasteiger partial charge is 0.508 e. The Kier molecular flexibility index (Phi) is 6.91. The van der Waals surface area contributed by atoms with Gasteiger partial charge in [0.1, 0.15) is 23.0 Å². The van der Waals surface area contributed by atoms with Gasteiger partial charge >= 0.3 is 7.12 Å². The topological polar surface area (TPSA) is 77.4 Å². The molecular formula is C20H26BBrO6. The summed E-state index contributed by atoms with van der Waals surface area (Å²) in [4.78, 5) is 0. The minimum atomic E-state index is -0.481. The van der Waals surface area contributed by atoms with Gasteiger partial charge in [-0.1, -0.05) is 6.07 Å². The molecule has 0 saturated carbocycles. The van der Waals surface area contributed by atoms with E-state index in [0.29, 0.717) is 11.5 Å². The van der Waals surface area contributed by atoms with Gasteiger partial charge < -0.3 is 29.0 Å². The van der Waals surface area contributed by atoms with Crippen molar-refractivity contribution in [2.45, 2.75) is 38.9 Å². The van der Waals surface area contributed by atoms with Gasteiger partial charge in [0.25, 0.3) is 0 Å². The van der Waals surface area contributed by atoms with Crippen molar-refractivity contribution in [2.24, 2.45) is 0 Å². The maximum absolute atomic E-state index is 9.46. The summed E-state index contributed by atoms with van der Waals surface area (Å²) in [5.41, 5.74) is 0.00941. The molecule has 3 rings (SSSR count). The fourth-order valence-corrected chi connectivity index (χ4v) is 2.92. The van der Waals surface area contributed by atoms with Crippen molar-refractivity contribution in [1.29, 1.82) is 0 Å². The average Bonchev–Trinajstić information content (AvgIpc) is 2.84. The average molecular weight is 453 g/mol. The third-order valence-electron chi connectivity index (χ3n) is 4.86. The second-order valence-corrected chi connectivity index (χ2v) is 8.19. The summed E-state index contributed by atoms with van der Waals surface area (Å²) in [5.74, 6) is 1.57. The summed E-state index contributed by atoms with van der Waals surface area (Å²) in [7, 11) is 2.63. The molecule has 152 valence electrons. The van der Waals surface area contributed by atoms with Crippen LogP contribution in [0.4, 0.5) is 0 Å². The second-order valence-electron chi connectivity index (χ2n) is 7.33. The van der Waals surface area contributed by atoms with Gasteiger partial charge in [0, 0.05) is 17.6 Å². The molecule has 0 amide bonds. The number of benzene rings is 2. The third kappa shape index (κ3) is 4.93. The van der Waals surface area contributed by atoms with Crippen molar-refractivity contribution >= 4 is 28.5 Å². The number of phenols is 2. The maximum atomic E-state index is 9.46. The van der Waals surface area contributed by atoms with E-state index in [0.717, 1.165) is 9.94 Å². The van der Waals surface area contributed by atoms with Crippen LogP contribution in [0.25, 0.3) is 0 Å². The number of aromatic hydroxyl groups is 2. The fourth-order valence-electron chi connectivity index (χ4n) is 2.51. The van der Waals surface area contributed by atoms with Crippen molar-refractivity contribution in [1.82, 2.24) is 0 Å². The third-order valence-corrected chi connectivity index (χ3v) is 5.51. The molecule has 2 aromatic carbocycles. The Hall–Kier alpha value is -1.90. The number of phenolic OH excluding ortho intramolecular Hbond substituents is 2. The number of halogens is 1. The maximum Gasteiger partial charge on any atom is 0.498 e. The van der Waals surface area contributed by atoms with Crippen LogP contribution in [-0.2, 0) is 9.31 Å². The monoisotopic (exact) mass is 452 g/mol. The second kappa shape index (κ2) is 8.63. The zero-order valence-corrected chi connectivity index (χ0v) is 18.5. The molecule has 0 aromatic heterocycles. The van der Waals surface area contributed by atoms with Crippen molar-refractivity contribution in [3.8, 4) is 23.0 Å². The van der Waals surface area contributed by atoms with E-state index >= 15 is 0 Å². The van der Waals surface area contributed by atoms with E-state index in [1.807, 2.05) is 27.7 Å². The molecular weight excluding hydrogens is 427 g/mol. The number of hydrogen-bond donors (Lipinski definition) is 2. The highest BCUT2D eigenvalue weighted by Gasteiger charge is 2.52. The Morgan fingerprint density at radius 3 is 1.75 bits per heavy atom. The van der Waals surface area contributed by atoms with Crippen LogP contribution >= 0.6 is 15.9 Å². The first-order chi connectivity index (χ1) is 13.0. The van der Waals surface area contributed by atoms with Gasteiger partial charge in [0.05, 0.1) is 29.9 Å². The van der Waals surface area contributed by atoms with Gasteiger partial charge in [-0.2, -0.15) is 0 Å². The van der Waals surface area contributed by atoms with Crippen molar-refractivity contribution < 1.29 is 29.0 Å². The van der Waals surface area contributed by atoms with Crippen LogP contribution in [0.5, 0.6) is 23.0 Å². The molecule has 1 aliphatic rings. The van der Waals surface area contributed by atoms with Crippen LogP contribution in [0.1, 0.15) is 27.7 Å². The van der Waals surface area contributed by atoms with Crippen LogP contribution in [0, 0.1) is 0 Å². The Labute approximate surface area is 174 Å². The van der Waals surface area contributed by atoms with Gasteiger partial charge in [0.15, 0.2) is 0 Å². The Morgan fingerprint density at radius 1 is 0.821 bits per heavy atom. The molecule has 0 spiro atoms. The molecule has 1 aliphatic heterocycles. The summed E-state index contributed by atoms with van der Waals surface area (Å²) in [5, 5.41) is 18.4. The molecule has 2 aromatic rings. The summed E-state index contributed by atoms with van der Waals surface area (Å²) in [6, 6.07) is 9.78. The first kappa shape index (κ1) is 22.4. The number of rotatable bonds is 3. The van der Waals surface area contributed by atoms with Crippen molar-refractivity contribution in [3.63, 3.8) is 0 Å². The van der Waals surface area contributed by atoms with E-state index in [4.69, 9.17) is 23.9 Å². The van der Waals surface area contributed by atoms with E-state index in [-0.39, 0.29) is 22.7 Å². The molecule has 6 nitrogen and oxygen atoms in total. The molecule has 0 atom stereocenters. The summed E-state index contributed by atoms with van der Waals surface area (Å²) >= 11 is 3.25. The molecule has 28 heavy (non-hydrogen) atoms. The number of hydrogen-bond acceptors (Lipinski definition) is 6. The van der Waals surface area contributed by atoms with Crippen LogP contribution in [-0.4, -0.2) is 42.8 Å². The Morgan fingerprint density at radius 2 is 1.29 bits per heavy atom. The number of methoxy groups -OCH3 is 2. The van der Waals surface area contributed by atoms with Crippen LogP contribution in [0.2, 0.25) is 0 Å². The summed E-state index contributed by atoms with van der Waals surface area (Å²) in [6.45, 7) is 8.00. The predicted molar refractivity (Wildman–Crippen MR) is 113 cm³/mol. The summed E-state index contributed by atoms with van der Waals surface area (Å²) in [6.07, 6.45) is 0. The molecule has 0 aliphatic carbocycles. The molecule has 1 fully saturated rings. The smallest absolute Gasteiger partial charge is 0.498 e. The lowest BCUT2D eigenvalue weighted by molar-refractivity contribution is 0.00578. The standard InChI is InChI=1S/C13H19BO4.C7H7BrO2/c1-12(2)13(3,4)18-14(17-12)10-7-6-9(15)8-11(10)16-5;1-10-7-4-5(9)2-3-6(7)8/h6-8,15H,1-5H3;2-4,9H,1H3. The van der Waals surface area contributed by atoms with Gasteiger partial charge in [-0.3, -0.25) is 0 Å². The molecule has 1 heterocycles. The van der Waals surface area contributed by atoms with Gasteiger partial charge in [-0.25, -0.2) is 0 Å². The lowest BCUT2D eigenvalue weighted by Crippen LogP contribution is -2.41. The highest BCUT2D eigenvalue weighted by molar-refractivity contribution is 9.10. The Bertz CT molecular complexity index is 808. The van der Waals surface area contributed by atoms with E-state index in [9.17, 15) is 5.11 Å². The highest BCUT2D eigenvalue weighted by atomic mass is 79.9. The predicted octanol–water partition coefficient (Wildman–Crippen LogP) is 3.86. The zero-order chi connectivity index (χ0) is 21.1. The van der Waals surface area contributed by atoms with Crippen LogP contribution in [0.15, 0.2) is 40.9 Å². The van der Waals surface area contributed by atoms with Gasteiger partial charge in [0.2, 0.25) is 0 Å². The SMILES string of the molecule is COc1cc(O)ccc1B1OC(C)(C)C(C)(C)O1.COc1cc(O)ccc1Br. The van der Waals surface area contributed by atoms with Crippen molar-refractivity contribution in [3.05, 3.63) is 40.9 Å². The fraction of sp³-hybridized carbons (Fsp3) is 0.400. The van der Waals surface area contributed by atoms with E-state index in [1.54, 1.807) is 50.6 Å². The number of ether oxygens (including phenoxy) is 2. The van der Waals surface area contributed by atoms with Crippen LogP contribution < -0.4 is 14.9 Å². The summed E-state index contributed by atoms with van der Waals surface area (Å²) < 4.78 is 22.9. The Balaban J connectivity index is 0.000000237. The zero-order valence-electron chi connectivity index (χ0n) is 16.9. The molecule has 0 radical (unpaired) electrons. The van der Waals surface area contributed by atoms with E-state index in [1.165, 1.54) is 0 Å².